The summed E-state index contributed by atoms with van der Waals surface area (Å²) in [6.07, 6.45) is 0. The molecule has 106 valence electrons. The Morgan fingerprint density at radius 1 is 1.37 bits per heavy atom. The number of hydrogen-bond acceptors (Lipinski definition) is 4. The molecule has 0 atom stereocenters. The number of ether oxygens (including phenoxy) is 1. The zero-order chi connectivity index (χ0) is 14.7. The van der Waals surface area contributed by atoms with Crippen LogP contribution in [0.1, 0.15) is 27.7 Å². The molecule has 4 N–H and O–H groups in total. The van der Waals surface area contributed by atoms with Gasteiger partial charge in [-0.15, -0.1) is 0 Å². The van der Waals surface area contributed by atoms with Gasteiger partial charge in [-0.3, -0.25) is 4.79 Å². The molecule has 0 bridgehead atoms. The molecule has 19 heavy (non-hydrogen) atoms. The second-order valence-electron chi connectivity index (χ2n) is 5.59. The van der Waals surface area contributed by atoms with E-state index in [1.807, 2.05) is 0 Å². The lowest BCUT2D eigenvalue weighted by molar-refractivity contribution is -0.128. The van der Waals surface area contributed by atoms with Crippen molar-refractivity contribution in [3.63, 3.8) is 0 Å². The highest BCUT2D eigenvalue weighted by Gasteiger charge is 2.36. The van der Waals surface area contributed by atoms with Crippen LogP contribution in [-0.4, -0.2) is 28.8 Å². The summed E-state index contributed by atoms with van der Waals surface area (Å²) in [6.45, 7) is 6.68. The quantitative estimate of drug-likeness (QED) is 0.702. The van der Waals surface area contributed by atoms with E-state index in [1.165, 1.54) is 0 Å². The zero-order valence-corrected chi connectivity index (χ0v) is 11.9. The van der Waals surface area contributed by atoms with Crippen LogP contribution in [0.2, 0.25) is 0 Å². The highest BCUT2D eigenvalue weighted by Crippen LogP contribution is 2.20. The van der Waals surface area contributed by atoms with Crippen LogP contribution in [0.25, 0.3) is 0 Å². The number of carbonyl (C=O) groups is 1. The Labute approximate surface area is 113 Å². The molecule has 0 aliphatic carbocycles. The highest BCUT2D eigenvalue weighted by atomic mass is 16.5. The monoisotopic (exact) mass is 266 g/mol. The fraction of sp³-hybridized carbons (Fsp3) is 0.500. The molecule has 0 aliphatic rings. The van der Waals surface area contributed by atoms with Gasteiger partial charge in [0, 0.05) is 11.8 Å². The summed E-state index contributed by atoms with van der Waals surface area (Å²) in [6, 6.07) is 6.87. The third-order valence-corrected chi connectivity index (χ3v) is 3.21. The Kier molecular flexibility index (Phi) is 4.42. The van der Waals surface area contributed by atoms with Crippen molar-refractivity contribution in [2.24, 2.45) is 0 Å². The fourth-order valence-electron chi connectivity index (χ4n) is 1.29. The average Bonchev–Trinajstić information content (AvgIpc) is 2.24. The van der Waals surface area contributed by atoms with E-state index in [0.29, 0.717) is 11.4 Å². The summed E-state index contributed by atoms with van der Waals surface area (Å²) in [5.41, 5.74) is 4.41. The van der Waals surface area contributed by atoms with Gasteiger partial charge in [-0.1, -0.05) is 6.07 Å². The third-order valence-electron chi connectivity index (χ3n) is 3.21. The van der Waals surface area contributed by atoms with Crippen LogP contribution < -0.4 is 15.8 Å². The molecular formula is C14H22N2O3. The molecule has 0 aliphatic heterocycles. The normalized spacial score (nSPS) is 12.1. The van der Waals surface area contributed by atoms with Crippen molar-refractivity contribution in [2.75, 3.05) is 12.3 Å². The molecule has 0 unspecified atom stereocenters. The van der Waals surface area contributed by atoms with E-state index in [0.717, 1.165) is 0 Å². The predicted octanol–water partition coefficient (Wildman–Crippen LogP) is 1.31. The van der Waals surface area contributed by atoms with E-state index >= 15 is 0 Å². The Morgan fingerprint density at radius 3 is 2.53 bits per heavy atom. The van der Waals surface area contributed by atoms with Crippen LogP contribution in [0.3, 0.4) is 0 Å². The Bertz CT molecular complexity index is 450. The van der Waals surface area contributed by atoms with Gasteiger partial charge < -0.3 is 20.9 Å². The molecule has 1 aromatic carbocycles. The van der Waals surface area contributed by atoms with Gasteiger partial charge in [-0.25, -0.2) is 0 Å². The van der Waals surface area contributed by atoms with Crippen LogP contribution in [0.4, 0.5) is 5.69 Å². The maximum absolute atomic E-state index is 11.8. The van der Waals surface area contributed by atoms with E-state index in [1.54, 1.807) is 52.0 Å². The molecular weight excluding hydrogens is 244 g/mol. The predicted molar refractivity (Wildman–Crippen MR) is 74.9 cm³/mol. The fourth-order valence-corrected chi connectivity index (χ4v) is 1.29. The lowest BCUT2D eigenvalue weighted by Gasteiger charge is -2.37. The molecule has 0 heterocycles. The average molecular weight is 266 g/mol. The summed E-state index contributed by atoms with van der Waals surface area (Å²) >= 11 is 0. The van der Waals surface area contributed by atoms with Gasteiger partial charge in [0.1, 0.15) is 5.75 Å². The SMILES string of the molecule is CC(C)(O)C(C)(C)NC(=O)COc1cccc(N)c1. The summed E-state index contributed by atoms with van der Waals surface area (Å²) in [5.74, 6) is 0.241. The van der Waals surface area contributed by atoms with Gasteiger partial charge in [-0.05, 0) is 39.8 Å². The Balaban J connectivity index is 2.53. The number of nitrogens with two attached hydrogens (primary N) is 1. The van der Waals surface area contributed by atoms with E-state index < -0.39 is 11.1 Å². The van der Waals surface area contributed by atoms with Gasteiger partial charge in [0.15, 0.2) is 6.61 Å². The van der Waals surface area contributed by atoms with Crippen molar-refractivity contribution >= 4 is 11.6 Å². The number of aliphatic hydroxyl groups is 1. The first kappa shape index (κ1) is 15.3. The van der Waals surface area contributed by atoms with E-state index in [-0.39, 0.29) is 12.5 Å². The number of nitrogen functional groups attached to an aromatic ring is 1. The smallest absolute Gasteiger partial charge is 0.258 e. The molecule has 0 spiro atoms. The minimum atomic E-state index is -1.03. The van der Waals surface area contributed by atoms with Crippen molar-refractivity contribution in [3.8, 4) is 5.75 Å². The van der Waals surface area contributed by atoms with Gasteiger partial charge in [-0.2, -0.15) is 0 Å². The molecule has 0 fully saturated rings. The molecule has 1 rings (SSSR count). The van der Waals surface area contributed by atoms with Crippen LogP contribution in [0.5, 0.6) is 5.75 Å². The molecule has 0 saturated carbocycles. The lowest BCUT2D eigenvalue weighted by atomic mass is 9.86. The molecule has 5 heteroatoms. The van der Waals surface area contributed by atoms with Crippen LogP contribution in [0, 0.1) is 0 Å². The van der Waals surface area contributed by atoms with Gasteiger partial charge >= 0.3 is 0 Å². The second-order valence-corrected chi connectivity index (χ2v) is 5.59. The van der Waals surface area contributed by atoms with Crippen molar-refractivity contribution in [1.29, 1.82) is 0 Å². The first-order valence-corrected chi connectivity index (χ1v) is 6.13. The molecule has 1 amide bonds. The number of rotatable bonds is 5. The highest BCUT2D eigenvalue weighted by molar-refractivity contribution is 5.78. The molecule has 0 radical (unpaired) electrons. The first-order chi connectivity index (χ1) is 8.62. The molecule has 0 saturated heterocycles. The Morgan fingerprint density at radius 2 is 2.00 bits per heavy atom. The van der Waals surface area contributed by atoms with Crippen molar-refractivity contribution in [1.82, 2.24) is 5.32 Å². The van der Waals surface area contributed by atoms with Crippen LogP contribution in [-0.2, 0) is 4.79 Å². The number of amides is 1. The standard InChI is InChI=1S/C14H22N2O3/c1-13(2,14(3,4)18)16-12(17)9-19-11-7-5-6-10(15)8-11/h5-8,18H,9,15H2,1-4H3,(H,16,17). The third kappa shape index (κ3) is 4.44. The molecule has 5 nitrogen and oxygen atoms in total. The minimum absolute atomic E-state index is 0.122. The largest absolute Gasteiger partial charge is 0.484 e. The lowest BCUT2D eigenvalue weighted by Crippen LogP contribution is -2.58. The van der Waals surface area contributed by atoms with E-state index in [4.69, 9.17) is 10.5 Å². The van der Waals surface area contributed by atoms with Crippen LogP contribution in [0.15, 0.2) is 24.3 Å². The van der Waals surface area contributed by atoms with Gasteiger partial charge in [0.25, 0.3) is 5.91 Å². The van der Waals surface area contributed by atoms with Crippen LogP contribution >= 0.6 is 0 Å². The summed E-state index contributed by atoms with van der Waals surface area (Å²) in [4.78, 5) is 11.8. The van der Waals surface area contributed by atoms with E-state index in [2.05, 4.69) is 5.32 Å². The first-order valence-electron chi connectivity index (χ1n) is 6.13. The minimum Gasteiger partial charge on any atom is -0.484 e. The Hall–Kier alpha value is -1.75. The van der Waals surface area contributed by atoms with Crippen molar-refractivity contribution in [3.05, 3.63) is 24.3 Å². The maximum atomic E-state index is 11.8. The van der Waals surface area contributed by atoms with E-state index in [9.17, 15) is 9.90 Å². The van der Waals surface area contributed by atoms with Gasteiger partial charge in [0.05, 0.1) is 11.1 Å². The zero-order valence-electron chi connectivity index (χ0n) is 11.9. The number of hydrogen-bond donors (Lipinski definition) is 3. The van der Waals surface area contributed by atoms with Crippen molar-refractivity contribution < 1.29 is 14.6 Å². The number of benzene rings is 1. The number of anilines is 1. The molecule has 0 aromatic heterocycles. The second kappa shape index (κ2) is 5.48. The molecule has 1 aromatic rings. The summed E-state index contributed by atoms with van der Waals surface area (Å²) in [5, 5.41) is 12.7. The number of carbonyl (C=O) groups excluding carboxylic acids is 1. The maximum Gasteiger partial charge on any atom is 0.258 e. The topological polar surface area (TPSA) is 84.6 Å². The summed E-state index contributed by atoms with van der Waals surface area (Å²) in [7, 11) is 0. The van der Waals surface area contributed by atoms with Gasteiger partial charge in [0.2, 0.25) is 0 Å². The summed E-state index contributed by atoms with van der Waals surface area (Å²) < 4.78 is 5.33. The van der Waals surface area contributed by atoms with Crippen molar-refractivity contribution in [2.45, 2.75) is 38.8 Å². The number of nitrogens with one attached hydrogen (secondary N) is 1.